The van der Waals surface area contributed by atoms with Gasteiger partial charge < -0.3 is 10.1 Å². The maximum Gasteiger partial charge on any atom is 0.137 e. The zero-order valence-electron chi connectivity index (χ0n) is 12.9. The molecule has 2 aliphatic rings. The fraction of sp³-hybridized carbons (Fsp3) is 0.625. The van der Waals surface area contributed by atoms with Gasteiger partial charge in [-0.1, -0.05) is 24.1 Å². The normalized spacial score (nSPS) is 20.3. The molecule has 22 heavy (non-hydrogen) atoms. The van der Waals surface area contributed by atoms with Crippen LogP contribution in [0.2, 0.25) is 5.02 Å². The minimum atomic E-state index is 0. The molecule has 3 rings (SSSR count). The quantitative estimate of drug-likeness (QED) is 0.872. The van der Waals surface area contributed by atoms with Gasteiger partial charge in [0.15, 0.2) is 0 Å². The Morgan fingerprint density at radius 1 is 1.23 bits per heavy atom. The van der Waals surface area contributed by atoms with Crippen LogP contribution in [0.5, 0.6) is 5.75 Å². The molecule has 0 radical (unpaired) electrons. The fourth-order valence-electron chi connectivity index (χ4n) is 3.36. The second kappa shape index (κ2) is 9.19. The highest BCUT2D eigenvalue weighted by Gasteiger charge is 2.33. The highest BCUT2D eigenvalue weighted by atomic mass is 35.5. The van der Waals surface area contributed by atoms with Crippen molar-refractivity contribution >= 4 is 36.4 Å². The maximum absolute atomic E-state index is 6.17. The number of rotatable bonds is 4. The van der Waals surface area contributed by atoms with Crippen molar-refractivity contribution in [2.75, 3.05) is 33.3 Å². The van der Waals surface area contributed by atoms with Crippen LogP contribution in [0.1, 0.15) is 30.9 Å². The van der Waals surface area contributed by atoms with E-state index in [1.807, 2.05) is 6.07 Å². The maximum atomic E-state index is 6.17. The van der Waals surface area contributed by atoms with Crippen molar-refractivity contribution in [3.8, 4) is 5.75 Å². The third kappa shape index (κ3) is 4.21. The van der Waals surface area contributed by atoms with Crippen LogP contribution in [0.4, 0.5) is 0 Å². The number of methoxy groups -OCH3 is 1. The molecule has 3 nitrogen and oxygen atoms in total. The Morgan fingerprint density at radius 2 is 1.91 bits per heavy atom. The van der Waals surface area contributed by atoms with Crippen LogP contribution in [-0.2, 0) is 0 Å². The van der Waals surface area contributed by atoms with Gasteiger partial charge in [-0.3, -0.25) is 4.90 Å². The summed E-state index contributed by atoms with van der Waals surface area (Å²) in [5.41, 5.74) is 1.36. The van der Waals surface area contributed by atoms with Gasteiger partial charge in [-0.05, 0) is 36.5 Å². The van der Waals surface area contributed by atoms with Crippen molar-refractivity contribution < 1.29 is 4.74 Å². The average molecular weight is 368 g/mol. The Labute approximate surface area is 150 Å². The monoisotopic (exact) mass is 366 g/mol. The first-order valence-corrected chi connectivity index (χ1v) is 7.95. The molecule has 0 bridgehead atoms. The molecule has 2 fully saturated rings. The van der Waals surface area contributed by atoms with Gasteiger partial charge in [0.25, 0.3) is 0 Å². The highest BCUT2D eigenvalue weighted by molar-refractivity contribution is 6.32. The molecule has 1 saturated heterocycles. The first-order chi connectivity index (χ1) is 9.79. The number of halogens is 3. The number of hydrogen-bond donors (Lipinski definition) is 1. The second-order valence-corrected chi connectivity index (χ2v) is 6.22. The molecule has 126 valence electrons. The van der Waals surface area contributed by atoms with Crippen LogP contribution in [-0.4, -0.2) is 38.2 Å². The summed E-state index contributed by atoms with van der Waals surface area (Å²) in [6.45, 7) is 4.44. The molecule has 1 N–H and O–H groups in total. The Hall–Kier alpha value is -0.190. The molecular formula is C16H25Cl3N2O. The van der Waals surface area contributed by atoms with Gasteiger partial charge in [-0.2, -0.15) is 0 Å². The molecule has 1 aliphatic heterocycles. The molecule has 1 aliphatic carbocycles. The summed E-state index contributed by atoms with van der Waals surface area (Å²) in [6, 6.07) is 6.81. The first-order valence-electron chi connectivity index (χ1n) is 7.58. The highest BCUT2D eigenvalue weighted by Crippen LogP contribution is 2.43. The van der Waals surface area contributed by atoms with E-state index in [2.05, 4.69) is 22.3 Å². The summed E-state index contributed by atoms with van der Waals surface area (Å²) in [5, 5.41) is 4.14. The zero-order valence-corrected chi connectivity index (χ0v) is 15.3. The van der Waals surface area contributed by atoms with Gasteiger partial charge in [-0.25, -0.2) is 0 Å². The standard InChI is InChI=1S/C16H23ClN2O.2ClH/c1-20-15-11-13(5-6-14(15)17)16(12-3-2-4-12)19-9-7-18-8-10-19;;/h5-6,11-12,16,18H,2-4,7-10H2,1H3;2*1H/t16-;;/m1../s1. The largest absolute Gasteiger partial charge is 0.495 e. The van der Waals surface area contributed by atoms with Gasteiger partial charge in [0, 0.05) is 32.2 Å². The average Bonchev–Trinajstić information content (AvgIpc) is 2.44. The fourth-order valence-corrected chi connectivity index (χ4v) is 3.55. The number of nitrogens with one attached hydrogen (secondary N) is 1. The molecule has 0 amide bonds. The predicted octanol–water partition coefficient (Wildman–Crippen LogP) is 3.94. The van der Waals surface area contributed by atoms with Crippen LogP contribution in [0.25, 0.3) is 0 Å². The van der Waals surface area contributed by atoms with Gasteiger partial charge in [0.05, 0.1) is 12.1 Å². The smallest absolute Gasteiger partial charge is 0.137 e. The molecule has 1 aromatic carbocycles. The van der Waals surface area contributed by atoms with Crippen molar-refractivity contribution in [1.82, 2.24) is 10.2 Å². The van der Waals surface area contributed by atoms with E-state index in [0.717, 1.165) is 37.8 Å². The minimum Gasteiger partial charge on any atom is -0.495 e. The predicted molar refractivity (Wildman–Crippen MR) is 97.0 cm³/mol. The van der Waals surface area contributed by atoms with Gasteiger partial charge in [-0.15, -0.1) is 24.8 Å². The van der Waals surface area contributed by atoms with Gasteiger partial charge in [0.2, 0.25) is 0 Å². The minimum absolute atomic E-state index is 0. The number of piperazine rings is 1. The number of hydrogen-bond acceptors (Lipinski definition) is 3. The Morgan fingerprint density at radius 3 is 2.45 bits per heavy atom. The van der Waals surface area contributed by atoms with Crippen molar-refractivity contribution in [3.63, 3.8) is 0 Å². The number of ether oxygens (including phenoxy) is 1. The number of benzene rings is 1. The lowest BCUT2D eigenvalue weighted by Gasteiger charge is -2.43. The zero-order chi connectivity index (χ0) is 13.9. The summed E-state index contributed by atoms with van der Waals surface area (Å²) >= 11 is 6.17. The second-order valence-electron chi connectivity index (χ2n) is 5.82. The van der Waals surface area contributed by atoms with E-state index >= 15 is 0 Å². The first kappa shape index (κ1) is 19.9. The lowest BCUT2D eigenvalue weighted by atomic mass is 9.76. The van der Waals surface area contributed by atoms with Crippen molar-refractivity contribution in [1.29, 1.82) is 0 Å². The summed E-state index contributed by atoms with van der Waals surface area (Å²) in [6.07, 6.45) is 4.07. The molecule has 1 saturated carbocycles. The van der Waals surface area contributed by atoms with E-state index < -0.39 is 0 Å². The topological polar surface area (TPSA) is 24.5 Å². The molecule has 0 spiro atoms. The van der Waals surface area contributed by atoms with Gasteiger partial charge >= 0.3 is 0 Å². The Balaban J connectivity index is 0.00000121. The summed E-state index contributed by atoms with van der Waals surface area (Å²) in [5.74, 6) is 1.59. The molecular weight excluding hydrogens is 343 g/mol. The number of nitrogens with zero attached hydrogens (tertiary/aromatic N) is 1. The lowest BCUT2D eigenvalue weighted by Crippen LogP contribution is -2.47. The SMILES string of the molecule is COc1cc([C@@H](C2CCC2)N2CCNCC2)ccc1Cl.Cl.Cl. The summed E-state index contributed by atoms with van der Waals surface area (Å²) in [7, 11) is 1.69. The van der Waals surface area contributed by atoms with Crippen LogP contribution in [0.15, 0.2) is 18.2 Å². The molecule has 0 aromatic heterocycles. The lowest BCUT2D eigenvalue weighted by molar-refractivity contribution is 0.0836. The molecule has 6 heteroatoms. The van der Waals surface area contributed by atoms with Crippen molar-refractivity contribution in [2.24, 2.45) is 5.92 Å². The van der Waals surface area contributed by atoms with Crippen LogP contribution >= 0.6 is 36.4 Å². The van der Waals surface area contributed by atoms with Crippen LogP contribution in [0, 0.1) is 5.92 Å². The van der Waals surface area contributed by atoms with Crippen molar-refractivity contribution in [3.05, 3.63) is 28.8 Å². The molecule has 1 aromatic rings. The van der Waals surface area contributed by atoms with E-state index in [9.17, 15) is 0 Å². The van der Waals surface area contributed by atoms with E-state index in [1.54, 1.807) is 7.11 Å². The van der Waals surface area contributed by atoms with Gasteiger partial charge in [0.1, 0.15) is 5.75 Å². The van der Waals surface area contributed by atoms with E-state index in [4.69, 9.17) is 16.3 Å². The molecule has 0 unspecified atom stereocenters. The summed E-state index contributed by atoms with van der Waals surface area (Å²) in [4.78, 5) is 2.63. The van der Waals surface area contributed by atoms with E-state index in [0.29, 0.717) is 11.1 Å². The van der Waals surface area contributed by atoms with E-state index in [1.165, 1.54) is 24.8 Å². The van der Waals surface area contributed by atoms with Crippen LogP contribution < -0.4 is 10.1 Å². The van der Waals surface area contributed by atoms with Crippen molar-refractivity contribution in [2.45, 2.75) is 25.3 Å². The Kier molecular flexibility index (Phi) is 8.29. The van der Waals surface area contributed by atoms with Crippen LogP contribution in [0.3, 0.4) is 0 Å². The summed E-state index contributed by atoms with van der Waals surface area (Å²) < 4.78 is 5.39. The molecule has 1 atom stereocenters. The molecule has 1 heterocycles. The Bertz CT molecular complexity index is 463. The third-order valence-electron chi connectivity index (χ3n) is 4.66. The van der Waals surface area contributed by atoms with E-state index in [-0.39, 0.29) is 24.8 Å². The third-order valence-corrected chi connectivity index (χ3v) is 4.97.